The zero-order valence-electron chi connectivity index (χ0n) is 12.9. The number of anilines is 1. The summed E-state index contributed by atoms with van der Waals surface area (Å²) in [5.41, 5.74) is 6.86. The summed E-state index contributed by atoms with van der Waals surface area (Å²) in [7, 11) is 0. The first-order chi connectivity index (χ1) is 10.2. The second kappa shape index (κ2) is 7.91. The van der Waals surface area contributed by atoms with Crippen LogP contribution in [-0.2, 0) is 0 Å². The van der Waals surface area contributed by atoms with E-state index in [1.165, 1.54) is 32.1 Å². The van der Waals surface area contributed by atoms with E-state index in [9.17, 15) is 4.79 Å². The van der Waals surface area contributed by atoms with E-state index < -0.39 is 0 Å². The minimum atomic E-state index is -0.132. The Kier molecular flexibility index (Phi) is 5.90. The van der Waals surface area contributed by atoms with Crippen LogP contribution in [0.2, 0.25) is 0 Å². The predicted molar refractivity (Wildman–Crippen MR) is 85.5 cm³/mol. The minimum Gasteiger partial charge on any atom is -0.493 e. The van der Waals surface area contributed by atoms with Crippen molar-refractivity contribution in [3.05, 3.63) is 23.8 Å². The van der Waals surface area contributed by atoms with Crippen LogP contribution in [0.25, 0.3) is 0 Å². The fraction of sp³-hybridized carbons (Fsp3) is 0.588. The molecule has 0 aliphatic heterocycles. The van der Waals surface area contributed by atoms with Gasteiger partial charge >= 0.3 is 0 Å². The Morgan fingerprint density at radius 3 is 2.81 bits per heavy atom. The second-order valence-electron chi connectivity index (χ2n) is 5.70. The molecule has 0 unspecified atom stereocenters. The summed E-state index contributed by atoms with van der Waals surface area (Å²) in [6.07, 6.45) is 7.68. The number of hydrogen-bond acceptors (Lipinski definition) is 3. The van der Waals surface area contributed by atoms with E-state index in [1.54, 1.807) is 18.2 Å². The third-order valence-electron chi connectivity index (χ3n) is 4.15. The van der Waals surface area contributed by atoms with Gasteiger partial charge < -0.3 is 15.8 Å². The van der Waals surface area contributed by atoms with E-state index in [2.05, 4.69) is 5.32 Å². The molecule has 0 heterocycles. The van der Waals surface area contributed by atoms with E-state index in [4.69, 9.17) is 10.5 Å². The zero-order chi connectivity index (χ0) is 15.1. The monoisotopic (exact) mass is 290 g/mol. The largest absolute Gasteiger partial charge is 0.493 e. The number of nitrogen functional groups attached to an aromatic ring is 1. The lowest BCUT2D eigenvalue weighted by atomic mass is 9.87. The van der Waals surface area contributed by atoms with Crippen LogP contribution in [0, 0.1) is 5.92 Å². The summed E-state index contributed by atoms with van der Waals surface area (Å²) in [5.74, 6) is 1.19. The molecule has 1 aliphatic rings. The maximum Gasteiger partial charge on any atom is 0.257 e. The number of hydrogen-bond donors (Lipinski definition) is 2. The first kappa shape index (κ1) is 15.7. The molecule has 0 spiro atoms. The van der Waals surface area contributed by atoms with Gasteiger partial charge in [0.05, 0.1) is 6.61 Å². The molecule has 1 aliphatic carbocycles. The smallest absolute Gasteiger partial charge is 0.257 e. The number of carbonyl (C=O) groups is 1. The molecule has 1 amide bonds. The van der Waals surface area contributed by atoms with Crippen molar-refractivity contribution >= 4 is 11.6 Å². The summed E-state index contributed by atoms with van der Waals surface area (Å²) >= 11 is 0. The number of nitrogens with two attached hydrogens (primary N) is 1. The quantitative estimate of drug-likeness (QED) is 0.789. The minimum absolute atomic E-state index is 0.132. The number of amides is 1. The summed E-state index contributed by atoms with van der Waals surface area (Å²) in [4.78, 5) is 12.3. The van der Waals surface area contributed by atoms with Crippen molar-refractivity contribution < 1.29 is 9.53 Å². The van der Waals surface area contributed by atoms with E-state index >= 15 is 0 Å². The highest BCUT2D eigenvalue weighted by Crippen LogP contribution is 2.26. The Morgan fingerprint density at radius 1 is 1.33 bits per heavy atom. The molecule has 0 saturated heterocycles. The van der Waals surface area contributed by atoms with Crippen LogP contribution in [0.3, 0.4) is 0 Å². The highest BCUT2D eigenvalue weighted by Gasteiger charge is 2.17. The van der Waals surface area contributed by atoms with Crippen LogP contribution in [-0.4, -0.2) is 19.1 Å². The maximum atomic E-state index is 12.3. The van der Waals surface area contributed by atoms with Gasteiger partial charge in [0.15, 0.2) is 0 Å². The van der Waals surface area contributed by atoms with Gasteiger partial charge in [0.1, 0.15) is 11.3 Å². The molecule has 21 heavy (non-hydrogen) atoms. The van der Waals surface area contributed by atoms with Crippen molar-refractivity contribution in [2.45, 2.75) is 45.4 Å². The number of ether oxygens (including phenoxy) is 1. The van der Waals surface area contributed by atoms with Crippen molar-refractivity contribution in [3.8, 4) is 5.75 Å². The molecule has 1 fully saturated rings. The van der Waals surface area contributed by atoms with Crippen molar-refractivity contribution in [2.75, 3.05) is 18.9 Å². The van der Waals surface area contributed by atoms with Crippen LogP contribution in [0.4, 0.5) is 5.69 Å². The summed E-state index contributed by atoms with van der Waals surface area (Å²) in [6.45, 7) is 3.13. The predicted octanol–water partition coefficient (Wildman–Crippen LogP) is 3.37. The first-order valence-electron chi connectivity index (χ1n) is 8.02. The Bertz CT molecular complexity index is 468. The molecule has 0 atom stereocenters. The summed E-state index contributed by atoms with van der Waals surface area (Å²) in [6, 6.07) is 5.33. The maximum absolute atomic E-state index is 12.3. The van der Waals surface area contributed by atoms with Gasteiger partial charge in [-0.05, 0) is 31.4 Å². The Morgan fingerprint density at radius 2 is 2.10 bits per heavy atom. The van der Waals surface area contributed by atoms with Gasteiger partial charge in [0, 0.05) is 12.2 Å². The van der Waals surface area contributed by atoms with E-state index in [0.29, 0.717) is 30.2 Å². The molecule has 0 radical (unpaired) electrons. The standard InChI is InChI=1S/C17H26N2O2/c1-2-21-15-10-6-9-14(18)16(15)17(20)19-12-11-13-7-4-3-5-8-13/h6,9-10,13H,2-5,7-8,11-12,18H2,1H3,(H,19,20). The van der Waals surface area contributed by atoms with E-state index in [1.807, 2.05) is 6.92 Å². The molecule has 3 N–H and O–H groups in total. The average Bonchev–Trinajstić information content (AvgIpc) is 2.48. The van der Waals surface area contributed by atoms with Gasteiger partial charge in [-0.3, -0.25) is 4.79 Å². The molecule has 0 aromatic heterocycles. The molecule has 4 heteroatoms. The average molecular weight is 290 g/mol. The molecule has 116 valence electrons. The molecular weight excluding hydrogens is 264 g/mol. The Hall–Kier alpha value is -1.71. The fourth-order valence-electron chi connectivity index (χ4n) is 3.02. The molecular formula is C17H26N2O2. The molecule has 0 bridgehead atoms. The van der Waals surface area contributed by atoms with Gasteiger partial charge in [0.25, 0.3) is 5.91 Å². The third-order valence-corrected chi connectivity index (χ3v) is 4.15. The van der Waals surface area contributed by atoms with Crippen LogP contribution in [0.15, 0.2) is 18.2 Å². The highest BCUT2D eigenvalue weighted by molar-refractivity contribution is 6.01. The van der Waals surface area contributed by atoms with Crippen LogP contribution >= 0.6 is 0 Å². The number of rotatable bonds is 6. The number of carbonyl (C=O) groups excluding carboxylic acids is 1. The normalized spacial score (nSPS) is 15.7. The van der Waals surface area contributed by atoms with Gasteiger partial charge in [-0.15, -0.1) is 0 Å². The lowest BCUT2D eigenvalue weighted by Gasteiger charge is -2.21. The summed E-state index contributed by atoms with van der Waals surface area (Å²) < 4.78 is 5.49. The molecule has 2 rings (SSSR count). The zero-order valence-corrected chi connectivity index (χ0v) is 12.9. The fourth-order valence-corrected chi connectivity index (χ4v) is 3.02. The van der Waals surface area contributed by atoms with Gasteiger partial charge in [-0.25, -0.2) is 0 Å². The number of nitrogens with one attached hydrogen (secondary N) is 1. The van der Waals surface area contributed by atoms with Gasteiger partial charge in [-0.2, -0.15) is 0 Å². The highest BCUT2D eigenvalue weighted by atomic mass is 16.5. The van der Waals surface area contributed by atoms with Gasteiger partial charge in [-0.1, -0.05) is 38.2 Å². The molecule has 1 saturated carbocycles. The summed E-state index contributed by atoms with van der Waals surface area (Å²) in [5, 5.41) is 2.99. The Balaban J connectivity index is 1.90. The SMILES string of the molecule is CCOc1cccc(N)c1C(=O)NCCC1CCCCC1. The molecule has 4 nitrogen and oxygen atoms in total. The molecule has 1 aromatic rings. The van der Waals surface area contributed by atoms with Crippen molar-refractivity contribution in [1.82, 2.24) is 5.32 Å². The lowest BCUT2D eigenvalue weighted by Crippen LogP contribution is -2.27. The Labute approximate surface area is 127 Å². The van der Waals surface area contributed by atoms with Crippen molar-refractivity contribution in [3.63, 3.8) is 0 Å². The van der Waals surface area contributed by atoms with Gasteiger partial charge in [0.2, 0.25) is 0 Å². The van der Waals surface area contributed by atoms with Crippen molar-refractivity contribution in [1.29, 1.82) is 0 Å². The van der Waals surface area contributed by atoms with E-state index in [0.717, 1.165) is 12.3 Å². The van der Waals surface area contributed by atoms with Crippen LogP contribution < -0.4 is 15.8 Å². The van der Waals surface area contributed by atoms with Crippen LogP contribution in [0.1, 0.15) is 55.8 Å². The lowest BCUT2D eigenvalue weighted by molar-refractivity contribution is 0.0947. The van der Waals surface area contributed by atoms with E-state index in [-0.39, 0.29) is 5.91 Å². The molecule has 1 aromatic carbocycles. The topological polar surface area (TPSA) is 64.3 Å². The van der Waals surface area contributed by atoms with Crippen molar-refractivity contribution in [2.24, 2.45) is 5.92 Å². The first-order valence-corrected chi connectivity index (χ1v) is 8.02. The number of benzene rings is 1. The van der Waals surface area contributed by atoms with Crippen LogP contribution in [0.5, 0.6) is 5.75 Å². The third kappa shape index (κ3) is 4.38. The second-order valence-corrected chi connectivity index (χ2v) is 5.70.